The molecule has 0 atom stereocenters. The Labute approximate surface area is 164 Å². The normalized spacial score (nSPS) is 14.7. The monoisotopic (exact) mass is 376 g/mol. The summed E-state index contributed by atoms with van der Waals surface area (Å²) in [6, 6.07) is 15.9. The first-order valence-electron chi connectivity index (χ1n) is 9.53. The van der Waals surface area contributed by atoms with Crippen LogP contribution >= 0.6 is 0 Å². The lowest BCUT2D eigenvalue weighted by atomic mass is 10.1. The van der Waals surface area contributed by atoms with Crippen LogP contribution in [0.2, 0.25) is 0 Å². The van der Waals surface area contributed by atoms with Crippen LogP contribution in [0.1, 0.15) is 21.5 Å². The molecular weight excluding hydrogens is 352 g/mol. The van der Waals surface area contributed by atoms with Gasteiger partial charge in [-0.05, 0) is 29.3 Å². The third kappa shape index (κ3) is 4.47. The van der Waals surface area contributed by atoms with Crippen LogP contribution in [-0.4, -0.2) is 46.7 Å². The Balaban J connectivity index is 1.41. The van der Waals surface area contributed by atoms with Gasteiger partial charge in [-0.3, -0.25) is 9.69 Å². The molecule has 0 unspecified atom stereocenters. The maximum absolute atomic E-state index is 12.7. The van der Waals surface area contributed by atoms with Crippen LogP contribution in [-0.2, 0) is 17.8 Å². The molecule has 1 fully saturated rings. The van der Waals surface area contributed by atoms with E-state index in [9.17, 15) is 4.79 Å². The van der Waals surface area contributed by atoms with Crippen molar-refractivity contribution in [3.8, 4) is 5.69 Å². The highest BCUT2D eigenvalue weighted by atomic mass is 16.5. The molecule has 1 N–H and O–H groups in total. The van der Waals surface area contributed by atoms with Crippen molar-refractivity contribution in [2.45, 2.75) is 13.1 Å². The van der Waals surface area contributed by atoms with E-state index in [4.69, 9.17) is 4.74 Å². The van der Waals surface area contributed by atoms with Crippen LogP contribution in [0.5, 0.6) is 0 Å². The fourth-order valence-electron chi connectivity index (χ4n) is 3.42. The minimum Gasteiger partial charge on any atom is -0.379 e. The Morgan fingerprint density at radius 1 is 1.11 bits per heavy atom. The van der Waals surface area contributed by atoms with Gasteiger partial charge in [-0.15, -0.1) is 0 Å². The van der Waals surface area contributed by atoms with Crippen LogP contribution in [0.15, 0.2) is 67.3 Å². The van der Waals surface area contributed by atoms with E-state index >= 15 is 0 Å². The zero-order valence-electron chi connectivity index (χ0n) is 15.8. The molecule has 4 rings (SSSR count). The zero-order chi connectivity index (χ0) is 19.2. The summed E-state index contributed by atoms with van der Waals surface area (Å²) >= 11 is 0. The molecule has 6 nitrogen and oxygen atoms in total. The van der Waals surface area contributed by atoms with Gasteiger partial charge in [0.15, 0.2) is 0 Å². The van der Waals surface area contributed by atoms with Crippen molar-refractivity contribution in [1.29, 1.82) is 0 Å². The minimum atomic E-state index is -0.0655. The van der Waals surface area contributed by atoms with Gasteiger partial charge in [-0.2, -0.15) is 0 Å². The molecule has 0 saturated carbocycles. The predicted molar refractivity (Wildman–Crippen MR) is 107 cm³/mol. The Morgan fingerprint density at radius 2 is 1.96 bits per heavy atom. The Bertz CT molecular complexity index is 918. The van der Waals surface area contributed by atoms with E-state index in [2.05, 4.69) is 21.3 Å². The van der Waals surface area contributed by atoms with Gasteiger partial charge in [-0.1, -0.05) is 30.3 Å². The van der Waals surface area contributed by atoms with Crippen molar-refractivity contribution >= 4 is 5.91 Å². The number of hydrogen-bond acceptors (Lipinski definition) is 4. The number of imidazole rings is 1. The number of para-hydroxylation sites is 1. The van der Waals surface area contributed by atoms with E-state index in [-0.39, 0.29) is 5.91 Å². The number of rotatable bonds is 6. The van der Waals surface area contributed by atoms with Gasteiger partial charge in [0.1, 0.15) is 0 Å². The molecule has 1 saturated heterocycles. The SMILES string of the molecule is O=C(NCc1ccccc1-n1ccnc1)c1cccc(CN2CCOCC2)c1. The van der Waals surface area contributed by atoms with Crippen molar-refractivity contribution < 1.29 is 9.53 Å². The Kier molecular flexibility index (Phi) is 5.80. The zero-order valence-corrected chi connectivity index (χ0v) is 15.8. The number of carbonyl (C=O) groups excluding carboxylic acids is 1. The molecule has 0 radical (unpaired) electrons. The standard InChI is InChI=1S/C22H24N4O2/c27-22(19-6-3-4-18(14-19)16-25-10-12-28-13-11-25)24-15-20-5-1-2-7-21(20)26-9-8-23-17-26/h1-9,14,17H,10-13,15-16H2,(H,24,27). The molecule has 2 aromatic carbocycles. The van der Waals surface area contributed by atoms with Crippen molar-refractivity contribution in [1.82, 2.24) is 19.8 Å². The van der Waals surface area contributed by atoms with Crippen molar-refractivity contribution in [3.63, 3.8) is 0 Å². The molecule has 1 aromatic heterocycles. The number of nitrogens with zero attached hydrogens (tertiary/aromatic N) is 3. The van der Waals surface area contributed by atoms with Crippen LogP contribution < -0.4 is 5.32 Å². The van der Waals surface area contributed by atoms with E-state index in [1.165, 1.54) is 0 Å². The van der Waals surface area contributed by atoms with Crippen LogP contribution in [0, 0.1) is 0 Å². The number of carbonyl (C=O) groups is 1. The first-order valence-corrected chi connectivity index (χ1v) is 9.53. The molecule has 1 aliphatic rings. The number of aromatic nitrogens is 2. The number of benzene rings is 2. The number of ether oxygens (including phenoxy) is 1. The molecule has 144 valence electrons. The lowest BCUT2D eigenvalue weighted by Gasteiger charge is -2.26. The summed E-state index contributed by atoms with van der Waals surface area (Å²) < 4.78 is 7.35. The van der Waals surface area contributed by atoms with Gasteiger partial charge >= 0.3 is 0 Å². The second-order valence-corrected chi connectivity index (χ2v) is 6.87. The lowest BCUT2D eigenvalue weighted by Crippen LogP contribution is -2.35. The van der Waals surface area contributed by atoms with Crippen LogP contribution in [0.4, 0.5) is 0 Å². The van der Waals surface area contributed by atoms with Crippen LogP contribution in [0.3, 0.4) is 0 Å². The fraction of sp³-hybridized carbons (Fsp3) is 0.273. The maximum atomic E-state index is 12.7. The third-order valence-electron chi connectivity index (χ3n) is 4.91. The minimum absolute atomic E-state index is 0.0655. The summed E-state index contributed by atoms with van der Waals surface area (Å²) in [6.07, 6.45) is 5.40. The van der Waals surface area contributed by atoms with Gasteiger partial charge in [0.05, 0.1) is 25.2 Å². The quantitative estimate of drug-likeness (QED) is 0.719. The summed E-state index contributed by atoms with van der Waals surface area (Å²) in [7, 11) is 0. The molecule has 0 spiro atoms. The summed E-state index contributed by atoms with van der Waals surface area (Å²) in [5.41, 5.74) is 3.89. The summed E-state index contributed by atoms with van der Waals surface area (Å²) in [5, 5.41) is 3.04. The molecule has 3 aromatic rings. The smallest absolute Gasteiger partial charge is 0.251 e. The molecule has 6 heteroatoms. The average molecular weight is 376 g/mol. The largest absolute Gasteiger partial charge is 0.379 e. The molecule has 1 aliphatic heterocycles. The third-order valence-corrected chi connectivity index (χ3v) is 4.91. The molecule has 1 amide bonds. The highest BCUT2D eigenvalue weighted by Gasteiger charge is 2.13. The first kappa shape index (κ1) is 18.4. The Morgan fingerprint density at radius 3 is 2.79 bits per heavy atom. The Hall–Kier alpha value is -2.96. The molecular formula is C22H24N4O2. The van der Waals surface area contributed by atoms with Gasteiger partial charge in [0, 0.05) is 44.1 Å². The van der Waals surface area contributed by atoms with Crippen molar-refractivity contribution in [3.05, 3.63) is 83.9 Å². The second kappa shape index (κ2) is 8.82. The van der Waals surface area contributed by atoms with E-state index in [0.29, 0.717) is 12.1 Å². The van der Waals surface area contributed by atoms with Gasteiger partial charge in [0.25, 0.3) is 5.91 Å². The van der Waals surface area contributed by atoms with E-state index in [1.54, 1.807) is 12.5 Å². The number of hydrogen-bond donors (Lipinski definition) is 1. The number of amides is 1. The topological polar surface area (TPSA) is 59.4 Å². The molecule has 0 bridgehead atoms. The van der Waals surface area contributed by atoms with Crippen molar-refractivity contribution in [2.75, 3.05) is 26.3 Å². The van der Waals surface area contributed by atoms with Crippen molar-refractivity contribution in [2.24, 2.45) is 0 Å². The average Bonchev–Trinajstić information content (AvgIpc) is 3.28. The maximum Gasteiger partial charge on any atom is 0.251 e. The highest BCUT2D eigenvalue weighted by molar-refractivity contribution is 5.94. The summed E-state index contributed by atoms with van der Waals surface area (Å²) in [4.78, 5) is 19.1. The lowest BCUT2D eigenvalue weighted by molar-refractivity contribution is 0.0342. The summed E-state index contributed by atoms with van der Waals surface area (Å²) in [6.45, 7) is 4.71. The van der Waals surface area contributed by atoms with E-state index < -0.39 is 0 Å². The van der Waals surface area contributed by atoms with Gasteiger partial charge in [-0.25, -0.2) is 4.98 Å². The van der Waals surface area contributed by atoms with E-state index in [1.807, 2.05) is 53.2 Å². The highest BCUT2D eigenvalue weighted by Crippen LogP contribution is 2.15. The number of nitrogens with one attached hydrogen (secondary N) is 1. The molecule has 2 heterocycles. The summed E-state index contributed by atoms with van der Waals surface area (Å²) in [5.74, 6) is -0.0655. The van der Waals surface area contributed by atoms with Gasteiger partial charge in [0.2, 0.25) is 0 Å². The predicted octanol–water partition coefficient (Wildman–Crippen LogP) is 2.63. The second-order valence-electron chi connectivity index (χ2n) is 6.87. The molecule has 28 heavy (non-hydrogen) atoms. The van der Waals surface area contributed by atoms with Gasteiger partial charge < -0.3 is 14.6 Å². The van der Waals surface area contributed by atoms with Crippen LogP contribution in [0.25, 0.3) is 5.69 Å². The molecule has 0 aliphatic carbocycles. The van der Waals surface area contributed by atoms with E-state index in [0.717, 1.165) is 49.7 Å². The number of morpholine rings is 1. The first-order chi connectivity index (χ1) is 13.8. The fourth-order valence-corrected chi connectivity index (χ4v) is 3.42.